The van der Waals surface area contributed by atoms with Crippen LogP contribution >= 0.6 is 34.5 Å². The van der Waals surface area contributed by atoms with E-state index in [9.17, 15) is 5.11 Å². The summed E-state index contributed by atoms with van der Waals surface area (Å²) in [6.45, 7) is 2.50. The van der Waals surface area contributed by atoms with Gasteiger partial charge in [0, 0.05) is 22.5 Å². The van der Waals surface area contributed by atoms with Gasteiger partial charge in [0.1, 0.15) is 0 Å². The van der Waals surface area contributed by atoms with Crippen LogP contribution in [0.2, 0.25) is 10.0 Å². The van der Waals surface area contributed by atoms with E-state index >= 15 is 0 Å². The number of aliphatic hydroxyl groups excluding tert-OH is 1. The predicted molar refractivity (Wildman–Crippen MR) is 101 cm³/mol. The van der Waals surface area contributed by atoms with Crippen LogP contribution in [-0.4, -0.2) is 16.3 Å². The topological polar surface area (TPSA) is 37.5 Å². The van der Waals surface area contributed by atoms with Crippen molar-refractivity contribution in [2.45, 2.75) is 13.5 Å². The first-order valence-electron chi connectivity index (χ1n) is 7.45. The molecule has 0 fully saturated rings. The molecule has 6 heteroatoms. The zero-order valence-electron chi connectivity index (χ0n) is 13.0. The summed E-state index contributed by atoms with van der Waals surface area (Å²) in [7, 11) is 0. The van der Waals surface area contributed by atoms with E-state index in [0.717, 1.165) is 27.3 Å². The summed E-state index contributed by atoms with van der Waals surface area (Å²) < 4.78 is 1.98. The van der Waals surface area contributed by atoms with E-state index in [1.807, 2.05) is 53.3 Å². The number of benzene rings is 2. The molecule has 24 heavy (non-hydrogen) atoms. The Hall–Kier alpha value is -1.59. The summed E-state index contributed by atoms with van der Waals surface area (Å²) in [5, 5.41) is 12.6. The van der Waals surface area contributed by atoms with Crippen molar-refractivity contribution in [3.63, 3.8) is 0 Å². The van der Waals surface area contributed by atoms with Gasteiger partial charge in [0.25, 0.3) is 0 Å². The second-order valence-corrected chi connectivity index (χ2v) is 6.98. The highest BCUT2D eigenvalue weighted by molar-refractivity contribution is 7.07. The molecular weight excluding hydrogens is 363 g/mol. The van der Waals surface area contributed by atoms with Crippen LogP contribution in [0, 0.1) is 6.92 Å². The Bertz CT molecular complexity index is 931. The smallest absolute Gasteiger partial charge is 0.190 e. The molecule has 0 bridgehead atoms. The van der Waals surface area contributed by atoms with Gasteiger partial charge in [-0.1, -0.05) is 41.4 Å². The van der Waals surface area contributed by atoms with E-state index in [2.05, 4.69) is 0 Å². The van der Waals surface area contributed by atoms with Crippen molar-refractivity contribution in [3.8, 4) is 11.3 Å². The normalized spacial score (nSPS) is 11.9. The quantitative estimate of drug-likeness (QED) is 0.676. The lowest BCUT2D eigenvalue weighted by Gasteiger charge is -2.09. The van der Waals surface area contributed by atoms with Gasteiger partial charge in [-0.2, -0.15) is 0 Å². The van der Waals surface area contributed by atoms with Crippen LogP contribution in [0.25, 0.3) is 11.3 Å². The van der Waals surface area contributed by atoms with E-state index < -0.39 is 0 Å². The van der Waals surface area contributed by atoms with Gasteiger partial charge in [0.15, 0.2) is 4.80 Å². The molecule has 0 aliphatic carbocycles. The number of rotatable bonds is 4. The van der Waals surface area contributed by atoms with E-state index in [4.69, 9.17) is 28.2 Å². The fraction of sp³-hybridized carbons (Fsp3) is 0.167. The predicted octanol–water partition coefficient (Wildman–Crippen LogP) is 5.06. The zero-order chi connectivity index (χ0) is 17.1. The van der Waals surface area contributed by atoms with Crippen LogP contribution < -0.4 is 4.80 Å². The summed E-state index contributed by atoms with van der Waals surface area (Å²) in [5.41, 5.74) is 3.81. The van der Waals surface area contributed by atoms with E-state index in [0.29, 0.717) is 16.6 Å². The molecule has 0 amide bonds. The van der Waals surface area contributed by atoms with Gasteiger partial charge in [-0.05, 0) is 36.8 Å². The van der Waals surface area contributed by atoms with Gasteiger partial charge in [0.2, 0.25) is 0 Å². The van der Waals surface area contributed by atoms with Crippen LogP contribution in [0.1, 0.15) is 5.56 Å². The zero-order valence-corrected chi connectivity index (χ0v) is 15.4. The van der Waals surface area contributed by atoms with Crippen molar-refractivity contribution in [3.05, 3.63) is 68.3 Å². The van der Waals surface area contributed by atoms with Gasteiger partial charge in [-0.3, -0.25) is 0 Å². The second kappa shape index (κ2) is 7.53. The molecule has 0 atom stereocenters. The summed E-state index contributed by atoms with van der Waals surface area (Å²) in [5.74, 6) is 0. The molecule has 3 rings (SSSR count). The molecule has 3 nitrogen and oxygen atoms in total. The molecule has 3 aromatic rings. The monoisotopic (exact) mass is 378 g/mol. The van der Waals surface area contributed by atoms with Gasteiger partial charge in [0.05, 0.1) is 23.0 Å². The molecule has 0 unspecified atom stereocenters. The van der Waals surface area contributed by atoms with Crippen molar-refractivity contribution in [1.29, 1.82) is 0 Å². The first kappa shape index (κ1) is 17.2. The Morgan fingerprint density at radius 1 is 1.17 bits per heavy atom. The van der Waals surface area contributed by atoms with E-state index in [1.54, 1.807) is 6.07 Å². The molecule has 0 saturated carbocycles. The molecular formula is C18H16Cl2N2OS. The van der Waals surface area contributed by atoms with Crippen LogP contribution in [0.5, 0.6) is 0 Å². The van der Waals surface area contributed by atoms with Gasteiger partial charge < -0.3 is 9.67 Å². The summed E-state index contributed by atoms with van der Waals surface area (Å²) in [4.78, 5) is 5.57. The standard InChI is InChI=1S/C18H16Cl2N2OS/c1-12-4-2-3-5-16(12)21-18-22(8-9-23)17(11-24-18)14-7-6-13(19)10-15(14)20/h2-7,10-11,23H,8-9H2,1H3. The number of aryl methyl sites for hydroxylation is 1. The number of hydrogen-bond donors (Lipinski definition) is 1. The molecule has 0 aliphatic rings. The maximum Gasteiger partial charge on any atom is 0.190 e. The van der Waals surface area contributed by atoms with Crippen LogP contribution in [0.15, 0.2) is 52.8 Å². The average Bonchev–Trinajstić information content (AvgIpc) is 2.93. The average molecular weight is 379 g/mol. The minimum absolute atomic E-state index is 0.0237. The summed E-state index contributed by atoms with van der Waals surface area (Å²) in [6.07, 6.45) is 0. The third kappa shape index (κ3) is 3.57. The number of nitrogens with zero attached hydrogens (tertiary/aromatic N) is 2. The Labute approximate surface area is 154 Å². The molecule has 2 aromatic carbocycles. The van der Waals surface area contributed by atoms with Crippen LogP contribution in [-0.2, 0) is 6.54 Å². The van der Waals surface area contributed by atoms with Crippen molar-refractivity contribution in [2.24, 2.45) is 4.99 Å². The molecule has 1 heterocycles. The fourth-order valence-electron chi connectivity index (χ4n) is 2.44. The molecule has 0 radical (unpaired) electrons. The van der Waals surface area contributed by atoms with E-state index in [-0.39, 0.29) is 6.61 Å². The number of hydrogen-bond acceptors (Lipinski definition) is 3. The van der Waals surface area contributed by atoms with E-state index in [1.165, 1.54) is 11.3 Å². The Morgan fingerprint density at radius 3 is 2.67 bits per heavy atom. The third-order valence-corrected chi connectivity index (χ3v) is 5.07. The molecule has 0 spiro atoms. The largest absolute Gasteiger partial charge is 0.395 e. The Kier molecular flexibility index (Phi) is 5.41. The fourth-order valence-corrected chi connectivity index (χ4v) is 3.88. The Balaban J connectivity index is 2.17. The number of halogens is 2. The number of thiazole rings is 1. The molecule has 1 N–H and O–H groups in total. The maximum atomic E-state index is 9.46. The van der Waals surface area contributed by atoms with Gasteiger partial charge in [-0.15, -0.1) is 11.3 Å². The SMILES string of the molecule is Cc1ccccc1N=c1scc(-c2ccc(Cl)cc2Cl)n1CCO. The molecule has 1 aromatic heterocycles. The Morgan fingerprint density at radius 2 is 1.96 bits per heavy atom. The molecule has 0 aliphatic heterocycles. The minimum atomic E-state index is 0.0237. The number of aliphatic hydroxyl groups is 1. The van der Waals surface area contributed by atoms with Crippen molar-refractivity contribution in [2.75, 3.05) is 6.61 Å². The lowest BCUT2D eigenvalue weighted by atomic mass is 10.1. The first-order valence-corrected chi connectivity index (χ1v) is 9.08. The first-order chi connectivity index (χ1) is 11.6. The number of aromatic nitrogens is 1. The number of para-hydroxylation sites is 1. The van der Waals surface area contributed by atoms with Gasteiger partial charge in [-0.25, -0.2) is 4.99 Å². The van der Waals surface area contributed by atoms with Crippen LogP contribution in [0.4, 0.5) is 5.69 Å². The molecule has 124 valence electrons. The van der Waals surface area contributed by atoms with Crippen molar-refractivity contribution >= 4 is 40.2 Å². The molecule has 0 saturated heterocycles. The summed E-state index contributed by atoms with van der Waals surface area (Å²) >= 11 is 13.9. The third-order valence-electron chi connectivity index (χ3n) is 3.66. The highest BCUT2D eigenvalue weighted by Crippen LogP contribution is 2.31. The highest BCUT2D eigenvalue weighted by atomic mass is 35.5. The van der Waals surface area contributed by atoms with Crippen molar-refractivity contribution in [1.82, 2.24) is 4.57 Å². The highest BCUT2D eigenvalue weighted by Gasteiger charge is 2.11. The minimum Gasteiger partial charge on any atom is -0.395 e. The maximum absolute atomic E-state index is 9.46. The second-order valence-electron chi connectivity index (χ2n) is 5.30. The van der Waals surface area contributed by atoms with Crippen molar-refractivity contribution < 1.29 is 5.11 Å². The summed E-state index contributed by atoms with van der Waals surface area (Å²) in [6, 6.07) is 13.4. The van der Waals surface area contributed by atoms with Crippen LogP contribution in [0.3, 0.4) is 0 Å². The lowest BCUT2D eigenvalue weighted by Crippen LogP contribution is -2.18. The van der Waals surface area contributed by atoms with Gasteiger partial charge >= 0.3 is 0 Å². The lowest BCUT2D eigenvalue weighted by molar-refractivity contribution is 0.275.